The van der Waals surface area contributed by atoms with Crippen molar-refractivity contribution in [1.29, 1.82) is 5.26 Å². The van der Waals surface area contributed by atoms with Crippen LogP contribution in [0.2, 0.25) is 0 Å². The number of pyridine rings is 1. The van der Waals surface area contributed by atoms with E-state index in [1.807, 2.05) is 0 Å². The first-order valence-electron chi connectivity index (χ1n) is 5.54. The van der Waals surface area contributed by atoms with Crippen molar-refractivity contribution in [2.45, 2.75) is 25.3 Å². The molecule has 1 aromatic heterocycles. The van der Waals surface area contributed by atoms with Crippen molar-refractivity contribution >= 4 is 5.91 Å². The zero-order valence-electron chi connectivity index (χ0n) is 9.27. The quantitative estimate of drug-likeness (QED) is 0.742. The molecule has 1 aliphatic rings. The van der Waals surface area contributed by atoms with E-state index in [-0.39, 0.29) is 17.6 Å². The maximum absolute atomic E-state index is 12.7. The van der Waals surface area contributed by atoms with Gasteiger partial charge in [-0.2, -0.15) is 5.26 Å². The molecule has 1 unspecified atom stereocenters. The lowest BCUT2D eigenvalue weighted by atomic mass is 10.0. The van der Waals surface area contributed by atoms with Crippen LogP contribution in [-0.4, -0.2) is 28.4 Å². The minimum atomic E-state index is -0.475. The van der Waals surface area contributed by atoms with Crippen molar-refractivity contribution in [1.82, 2.24) is 9.88 Å². The van der Waals surface area contributed by atoms with Crippen LogP contribution in [0.3, 0.4) is 0 Å². The summed E-state index contributed by atoms with van der Waals surface area (Å²) in [5.74, 6) is -0.770. The highest BCUT2D eigenvalue weighted by atomic mass is 19.1. The van der Waals surface area contributed by atoms with E-state index >= 15 is 0 Å². The first-order valence-corrected chi connectivity index (χ1v) is 5.54. The molecular weight excluding hydrogens is 221 g/mol. The monoisotopic (exact) mass is 233 g/mol. The molecule has 1 aromatic rings. The maximum atomic E-state index is 12.7. The number of carbonyl (C=O) groups excluding carboxylic acids is 1. The topological polar surface area (TPSA) is 57.0 Å². The van der Waals surface area contributed by atoms with E-state index in [1.54, 1.807) is 0 Å². The molecule has 2 rings (SSSR count). The summed E-state index contributed by atoms with van der Waals surface area (Å²) < 4.78 is 12.7. The lowest BCUT2D eigenvalue weighted by Gasteiger charge is -2.31. The molecule has 0 aliphatic carbocycles. The minimum absolute atomic E-state index is 0.188. The Labute approximate surface area is 98.7 Å². The van der Waals surface area contributed by atoms with Crippen molar-refractivity contribution in [3.63, 3.8) is 0 Å². The first kappa shape index (κ1) is 11.5. The molecule has 0 spiro atoms. The Morgan fingerprint density at radius 2 is 2.35 bits per heavy atom. The first-order chi connectivity index (χ1) is 8.22. The van der Waals surface area contributed by atoms with Gasteiger partial charge in [0.2, 0.25) is 0 Å². The largest absolute Gasteiger partial charge is 0.321 e. The molecule has 2 heterocycles. The van der Waals surface area contributed by atoms with E-state index in [9.17, 15) is 9.18 Å². The zero-order valence-corrected chi connectivity index (χ0v) is 9.27. The number of nitriles is 1. The van der Waals surface area contributed by atoms with E-state index in [0.717, 1.165) is 19.0 Å². The smallest absolute Gasteiger partial charge is 0.273 e. The van der Waals surface area contributed by atoms with Gasteiger partial charge in [0.15, 0.2) is 0 Å². The third kappa shape index (κ3) is 2.41. The number of halogens is 1. The van der Waals surface area contributed by atoms with Crippen molar-refractivity contribution in [2.24, 2.45) is 0 Å². The molecule has 0 saturated carbocycles. The number of nitrogens with zero attached hydrogens (tertiary/aromatic N) is 3. The van der Waals surface area contributed by atoms with Crippen LogP contribution in [0.1, 0.15) is 29.8 Å². The van der Waals surface area contributed by atoms with E-state index in [0.29, 0.717) is 13.0 Å². The molecule has 5 heteroatoms. The van der Waals surface area contributed by atoms with E-state index in [2.05, 4.69) is 11.1 Å². The number of aromatic nitrogens is 1. The van der Waals surface area contributed by atoms with Crippen molar-refractivity contribution < 1.29 is 9.18 Å². The molecule has 1 aliphatic heterocycles. The molecule has 0 N–H and O–H groups in total. The summed E-state index contributed by atoms with van der Waals surface area (Å²) in [6.07, 6.45) is 3.56. The summed E-state index contributed by atoms with van der Waals surface area (Å²) in [4.78, 5) is 17.3. The van der Waals surface area contributed by atoms with Crippen LogP contribution in [0.5, 0.6) is 0 Å². The number of carbonyl (C=O) groups is 1. The number of hydrogen-bond acceptors (Lipinski definition) is 3. The molecule has 88 valence electrons. The van der Waals surface area contributed by atoms with Gasteiger partial charge >= 0.3 is 0 Å². The second-order valence-electron chi connectivity index (χ2n) is 4.00. The average molecular weight is 233 g/mol. The molecule has 0 radical (unpaired) electrons. The highest BCUT2D eigenvalue weighted by Crippen LogP contribution is 2.18. The van der Waals surface area contributed by atoms with Gasteiger partial charge in [0, 0.05) is 6.54 Å². The Bertz CT molecular complexity index is 452. The number of amides is 1. The lowest BCUT2D eigenvalue weighted by Crippen LogP contribution is -2.43. The summed E-state index contributed by atoms with van der Waals surface area (Å²) >= 11 is 0. The Hall–Kier alpha value is -1.96. The van der Waals surface area contributed by atoms with Crippen LogP contribution < -0.4 is 0 Å². The van der Waals surface area contributed by atoms with Gasteiger partial charge in [0.1, 0.15) is 17.6 Å². The van der Waals surface area contributed by atoms with Crippen LogP contribution >= 0.6 is 0 Å². The third-order valence-electron chi connectivity index (χ3n) is 2.86. The fraction of sp³-hybridized carbons (Fsp3) is 0.417. The Morgan fingerprint density at radius 3 is 3.00 bits per heavy atom. The normalized spacial score (nSPS) is 19.8. The van der Waals surface area contributed by atoms with Gasteiger partial charge in [-0.3, -0.25) is 4.79 Å². The number of likely N-dealkylation sites (tertiary alicyclic amines) is 1. The summed E-state index contributed by atoms with van der Waals surface area (Å²) in [6, 6.07) is 4.28. The van der Waals surface area contributed by atoms with E-state index in [1.165, 1.54) is 17.0 Å². The van der Waals surface area contributed by atoms with Crippen molar-refractivity contribution in [2.75, 3.05) is 6.54 Å². The Balaban J connectivity index is 2.18. The molecular formula is C12H12FN3O. The van der Waals surface area contributed by atoms with Gasteiger partial charge in [0.05, 0.1) is 12.3 Å². The Kier molecular flexibility index (Phi) is 3.33. The summed E-state index contributed by atoms with van der Waals surface area (Å²) in [5, 5.41) is 8.98. The molecule has 1 amide bonds. The fourth-order valence-corrected chi connectivity index (χ4v) is 1.96. The third-order valence-corrected chi connectivity index (χ3v) is 2.86. The zero-order chi connectivity index (χ0) is 12.3. The van der Waals surface area contributed by atoms with Gasteiger partial charge in [-0.15, -0.1) is 0 Å². The van der Waals surface area contributed by atoms with Gasteiger partial charge in [-0.1, -0.05) is 0 Å². The molecule has 0 aromatic carbocycles. The Morgan fingerprint density at radius 1 is 1.53 bits per heavy atom. The van der Waals surface area contributed by atoms with E-state index < -0.39 is 5.82 Å². The molecule has 1 saturated heterocycles. The van der Waals surface area contributed by atoms with Crippen molar-refractivity contribution in [3.05, 3.63) is 29.8 Å². The molecule has 1 fully saturated rings. The molecule has 4 nitrogen and oxygen atoms in total. The van der Waals surface area contributed by atoms with Crippen LogP contribution in [-0.2, 0) is 0 Å². The average Bonchev–Trinajstić information content (AvgIpc) is 2.39. The second kappa shape index (κ2) is 4.91. The number of piperidine rings is 1. The fourth-order valence-electron chi connectivity index (χ4n) is 1.96. The summed E-state index contributed by atoms with van der Waals surface area (Å²) in [5.41, 5.74) is 0.188. The second-order valence-corrected chi connectivity index (χ2v) is 4.00. The van der Waals surface area contributed by atoms with Crippen LogP contribution in [0.25, 0.3) is 0 Å². The van der Waals surface area contributed by atoms with Crippen LogP contribution in [0.4, 0.5) is 4.39 Å². The highest BCUT2D eigenvalue weighted by Gasteiger charge is 2.27. The van der Waals surface area contributed by atoms with Gasteiger partial charge < -0.3 is 4.90 Å². The van der Waals surface area contributed by atoms with Crippen LogP contribution in [0, 0.1) is 17.1 Å². The lowest BCUT2D eigenvalue weighted by molar-refractivity contribution is 0.0664. The van der Waals surface area contributed by atoms with Gasteiger partial charge in [-0.05, 0) is 31.4 Å². The number of rotatable bonds is 1. The number of hydrogen-bond donors (Lipinski definition) is 0. The summed E-state index contributed by atoms with van der Waals surface area (Å²) in [6.45, 7) is 0.566. The van der Waals surface area contributed by atoms with Crippen LogP contribution in [0.15, 0.2) is 18.3 Å². The van der Waals surface area contributed by atoms with Gasteiger partial charge in [-0.25, -0.2) is 9.37 Å². The predicted octanol–water partition coefficient (Wildman–Crippen LogP) is 1.74. The SMILES string of the molecule is N#CC1CCCCN1C(=O)c1ccc(F)cn1. The minimum Gasteiger partial charge on any atom is -0.321 e. The van der Waals surface area contributed by atoms with Gasteiger partial charge in [0.25, 0.3) is 5.91 Å². The molecule has 0 bridgehead atoms. The molecule has 1 atom stereocenters. The summed E-state index contributed by atoms with van der Waals surface area (Å²) in [7, 11) is 0. The highest BCUT2D eigenvalue weighted by molar-refractivity contribution is 5.92. The molecule has 17 heavy (non-hydrogen) atoms. The maximum Gasteiger partial charge on any atom is 0.273 e. The van der Waals surface area contributed by atoms with E-state index in [4.69, 9.17) is 5.26 Å². The standard InChI is InChI=1S/C12H12FN3O/c13-9-4-5-11(15-8-9)12(17)16-6-2-1-3-10(16)7-14/h4-5,8,10H,1-3,6H2. The van der Waals surface area contributed by atoms with Crippen molar-refractivity contribution in [3.8, 4) is 6.07 Å². The predicted molar refractivity (Wildman–Crippen MR) is 58.5 cm³/mol.